The van der Waals surface area contributed by atoms with Gasteiger partial charge in [-0.2, -0.15) is 0 Å². The Morgan fingerprint density at radius 2 is 2.27 bits per heavy atom. The van der Waals surface area contributed by atoms with E-state index in [0.29, 0.717) is 13.2 Å². The largest absolute Gasteiger partial charge is 0.490 e. The summed E-state index contributed by atoms with van der Waals surface area (Å²) in [6.45, 7) is 3.08. The quantitative estimate of drug-likeness (QED) is 0.826. The Hall–Kier alpha value is -1.61. The average molecular weight is 202 g/mol. The Balaban J connectivity index is 2.50. The molecule has 1 aromatic carbocycles. The van der Waals surface area contributed by atoms with Crippen LogP contribution in [0.2, 0.25) is 0 Å². The monoisotopic (exact) mass is 202 g/mol. The van der Waals surface area contributed by atoms with E-state index < -0.39 is 0 Å². The standard InChI is InChI=1S/C12H14N2O/c1-9-7-10-3-2-5-14-12(10)11(8-9)15-6-4-13/h2-3,5,7-8H,4,6,13H2,1H3. The normalized spacial score (nSPS) is 10.5. The Kier molecular flexibility index (Phi) is 2.83. The molecule has 1 aromatic heterocycles. The smallest absolute Gasteiger partial charge is 0.145 e. The zero-order valence-corrected chi connectivity index (χ0v) is 8.73. The lowest BCUT2D eigenvalue weighted by Gasteiger charge is -2.08. The van der Waals surface area contributed by atoms with Gasteiger partial charge in [-0.25, -0.2) is 0 Å². The first-order chi connectivity index (χ1) is 7.31. The third-order valence-corrected chi connectivity index (χ3v) is 2.19. The maximum Gasteiger partial charge on any atom is 0.145 e. The highest BCUT2D eigenvalue weighted by Crippen LogP contribution is 2.25. The van der Waals surface area contributed by atoms with Crippen LogP contribution in [0.3, 0.4) is 0 Å². The molecule has 0 unspecified atom stereocenters. The van der Waals surface area contributed by atoms with Crippen molar-refractivity contribution < 1.29 is 4.74 Å². The Labute approximate surface area is 88.9 Å². The van der Waals surface area contributed by atoms with E-state index >= 15 is 0 Å². The molecule has 0 spiro atoms. The van der Waals surface area contributed by atoms with Crippen molar-refractivity contribution in [3.63, 3.8) is 0 Å². The molecule has 0 aliphatic carbocycles. The van der Waals surface area contributed by atoms with Crippen LogP contribution in [0.4, 0.5) is 0 Å². The van der Waals surface area contributed by atoms with E-state index in [4.69, 9.17) is 10.5 Å². The first kappa shape index (κ1) is 9.93. The average Bonchev–Trinajstić information content (AvgIpc) is 2.25. The molecule has 0 aliphatic heterocycles. The molecule has 2 rings (SSSR count). The van der Waals surface area contributed by atoms with E-state index in [1.54, 1.807) is 6.20 Å². The fourth-order valence-corrected chi connectivity index (χ4v) is 1.58. The molecular formula is C12H14N2O. The molecular weight excluding hydrogens is 188 g/mol. The number of fused-ring (bicyclic) bond motifs is 1. The third kappa shape index (κ3) is 2.07. The highest BCUT2D eigenvalue weighted by molar-refractivity contribution is 5.85. The second-order valence-corrected chi connectivity index (χ2v) is 3.48. The van der Waals surface area contributed by atoms with Crippen LogP contribution in [0.1, 0.15) is 5.56 Å². The van der Waals surface area contributed by atoms with E-state index in [-0.39, 0.29) is 0 Å². The summed E-state index contributed by atoms with van der Waals surface area (Å²) in [7, 11) is 0. The van der Waals surface area contributed by atoms with Crippen LogP contribution in [0, 0.1) is 6.92 Å². The van der Waals surface area contributed by atoms with Crippen molar-refractivity contribution in [1.82, 2.24) is 4.98 Å². The second-order valence-electron chi connectivity index (χ2n) is 3.48. The van der Waals surface area contributed by atoms with Gasteiger partial charge in [0.1, 0.15) is 17.9 Å². The molecule has 0 bridgehead atoms. The van der Waals surface area contributed by atoms with Gasteiger partial charge in [0.15, 0.2) is 0 Å². The summed E-state index contributed by atoms with van der Waals surface area (Å²) < 4.78 is 5.56. The van der Waals surface area contributed by atoms with Gasteiger partial charge in [-0.1, -0.05) is 6.07 Å². The number of nitrogens with two attached hydrogens (primary N) is 1. The number of ether oxygens (including phenoxy) is 1. The summed E-state index contributed by atoms with van der Waals surface area (Å²) >= 11 is 0. The van der Waals surface area contributed by atoms with E-state index in [2.05, 4.69) is 11.1 Å². The van der Waals surface area contributed by atoms with Crippen molar-refractivity contribution in [2.24, 2.45) is 5.73 Å². The number of aromatic nitrogens is 1. The molecule has 3 heteroatoms. The highest BCUT2D eigenvalue weighted by Gasteiger charge is 2.03. The van der Waals surface area contributed by atoms with Gasteiger partial charge in [0.05, 0.1) is 0 Å². The lowest BCUT2D eigenvalue weighted by Crippen LogP contribution is -2.11. The van der Waals surface area contributed by atoms with Crippen molar-refractivity contribution >= 4 is 10.9 Å². The Morgan fingerprint density at radius 3 is 3.07 bits per heavy atom. The van der Waals surface area contributed by atoms with Crippen LogP contribution in [-0.4, -0.2) is 18.1 Å². The molecule has 0 fully saturated rings. The van der Waals surface area contributed by atoms with Gasteiger partial charge in [-0.05, 0) is 30.7 Å². The van der Waals surface area contributed by atoms with E-state index in [9.17, 15) is 0 Å². The number of aryl methyl sites for hydroxylation is 1. The summed E-state index contributed by atoms with van der Waals surface area (Å²) in [5, 5.41) is 1.10. The van der Waals surface area contributed by atoms with Crippen LogP contribution in [-0.2, 0) is 0 Å². The molecule has 78 valence electrons. The lowest BCUT2D eigenvalue weighted by atomic mass is 10.1. The number of nitrogens with zero attached hydrogens (tertiary/aromatic N) is 1. The van der Waals surface area contributed by atoms with Crippen molar-refractivity contribution in [3.8, 4) is 5.75 Å². The van der Waals surface area contributed by atoms with E-state index in [0.717, 1.165) is 16.7 Å². The van der Waals surface area contributed by atoms with E-state index in [1.165, 1.54) is 5.56 Å². The number of hydrogen-bond donors (Lipinski definition) is 1. The summed E-state index contributed by atoms with van der Waals surface area (Å²) in [5.41, 5.74) is 7.48. The van der Waals surface area contributed by atoms with Crippen LogP contribution < -0.4 is 10.5 Å². The SMILES string of the molecule is Cc1cc(OCCN)c2ncccc2c1. The minimum Gasteiger partial charge on any atom is -0.490 e. The summed E-state index contributed by atoms with van der Waals surface area (Å²) in [5.74, 6) is 0.816. The van der Waals surface area contributed by atoms with Crippen LogP contribution in [0.5, 0.6) is 5.75 Å². The fraction of sp³-hybridized carbons (Fsp3) is 0.250. The van der Waals surface area contributed by atoms with Crippen LogP contribution in [0.15, 0.2) is 30.5 Å². The predicted octanol–water partition coefficient (Wildman–Crippen LogP) is 1.88. The maximum atomic E-state index is 5.56. The minimum absolute atomic E-state index is 0.516. The molecule has 2 N–H and O–H groups in total. The van der Waals surface area contributed by atoms with Crippen molar-refractivity contribution in [1.29, 1.82) is 0 Å². The Morgan fingerprint density at radius 1 is 1.40 bits per heavy atom. The Bertz CT molecular complexity index is 468. The topological polar surface area (TPSA) is 48.1 Å². The summed E-state index contributed by atoms with van der Waals surface area (Å²) in [6, 6.07) is 8.04. The van der Waals surface area contributed by atoms with Crippen molar-refractivity contribution in [2.75, 3.05) is 13.2 Å². The molecule has 15 heavy (non-hydrogen) atoms. The molecule has 0 amide bonds. The van der Waals surface area contributed by atoms with Gasteiger partial charge in [0, 0.05) is 18.1 Å². The number of rotatable bonds is 3. The molecule has 0 saturated carbocycles. The van der Waals surface area contributed by atoms with Gasteiger partial charge in [-0.3, -0.25) is 4.98 Å². The zero-order valence-electron chi connectivity index (χ0n) is 8.73. The highest BCUT2D eigenvalue weighted by atomic mass is 16.5. The predicted molar refractivity (Wildman–Crippen MR) is 61.0 cm³/mol. The second kappa shape index (κ2) is 4.28. The fourth-order valence-electron chi connectivity index (χ4n) is 1.58. The first-order valence-corrected chi connectivity index (χ1v) is 4.99. The van der Waals surface area contributed by atoms with Crippen LogP contribution in [0.25, 0.3) is 10.9 Å². The van der Waals surface area contributed by atoms with E-state index in [1.807, 2.05) is 25.1 Å². The first-order valence-electron chi connectivity index (χ1n) is 4.99. The lowest BCUT2D eigenvalue weighted by molar-refractivity contribution is 0.331. The maximum absolute atomic E-state index is 5.56. The molecule has 2 aromatic rings. The number of pyridine rings is 1. The summed E-state index contributed by atoms with van der Waals surface area (Å²) in [6.07, 6.45) is 1.77. The molecule has 0 atom stereocenters. The van der Waals surface area contributed by atoms with Crippen molar-refractivity contribution in [3.05, 3.63) is 36.0 Å². The van der Waals surface area contributed by atoms with Crippen molar-refractivity contribution in [2.45, 2.75) is 6.92 Å². The summed E-state index contributed by atoms with van der Waals surface area (Å²) in [4.78, 5) is 4.31. The third-order valence-electron chi connectivity index (χ3n) is 2.19. The molecule has 1 heterocycles. The van der Waals surface area contributed by atoms with Gasteiger partial charge >= 0.3 is 0 Å². The molecule has 3 nitrogen and oxygen atoms in total. The van der Waals surface area contributed by atoms with Gasteiger partial charge < -0.3 is 10.5 Å². The number of benzene rings is 1. The molecule has 0 radical (unpaired) electrons. The molecule has 0 aliphatic rings. The van der Waals surface area contributed by atoms with Gasteiger partial charge in [0.25, 0.3) is 0 Å². The van der Waals surface area contributed by atoms with Gasteiger partial charge in [-0.15, -0.1) is 0 Å². The minimum atomic E-state index is 0.516. The van der Waals surface area contributed by atoms with Crippen LogP contribution >= 0.6 is 0 Å². The molecule has 0 saturated heterocycles. The number of hydrogen-bond acceptors (Lipinski definition) is 3. The van der Waals surface area contributed by atoms with Gasteiger partial charge in [0.2, 0.25) is 0 Å². The zero-order chi connectivity index (χ0) is 10.7.